The molecule has 2 fully saturated rings. The second-order valence-corrected chi connectivity index (χ2v) is 7.07. The number of hydrogen-bond donors (Lipinski definition) is 1. The number of benzene rings is 1. The number of methoxy groups -OCH3 is 1. The van der Waals surface area contributed by atoms with E-state index < -0.39 is 0 Å². The summed E-state index contributed by atoms with van der Waals surface area (Å²) in [6.07, 6.45) is 3.73. The zero-order chi connectivity index (χ0) is 14.9. The predicted octanol–water partition coefficient (Wildman–Crippen LogP) is 2.76. The van der Waals surface area contributed by atoms with Crippen molar-refractivity contribution in [3.8, 4) is 0 Å². The molecule has 21 heavy (non-hydrogen) atoms. The molecule has 2 unspecified atom stereocenters. The van der Waals surface area contributed by atoms with E-state index in [0.29, 0.717) is 6.04 Å². The molecule has 0 spiro atoms. The van der Waals surface area contributed by atoms with Crippen molar-refractivity contribution < 1.29 is 4.74 Å². The Balaban J connectivity index is 1.75. The summed E-state index contributed by atoms with van der Waals surface area (Å²) in [6.45, 7) is 7.78. The lowest BCUT2D eigenvalue weighted by atomic mass is 9.78. The third kappa shape index (κ3) is 2.87. The average molecular weight is 288 g/mol. The highest BCUT2D eigenvalue weighted by Crippen LogP contribution is 2.37. The molecule has 1 aromatic carbocycles. The van der Waals surface area contributed by atoms with Crippen LogP contribution in [0.5, 0.6) is 0 Å². The molecular weight excluding hydrogens is 260 g/mol. The standard InChI is InChI=1S/C18H28N2O/c1-15-12-19-17(2,16-8-5-4-6-9-16)13-20(15)14-18(21-3)10-7-11-18/h4-6,8-9,15,19H,7,10-14H2,1-3H3. The summed E-state index contributed by atoms with van der Waals surface area (Å²) in [4.78, 5) is 2.62. The number of nitrogens with zero attached hydrogens (tertiary/aromatic N) is 1. The molecule has 0 radical (unpaired) electrons. The Bertz CT molecular complexity index is 466. The maximum Gasteiger partial charge on any atom is 0.0805 e. The lowest BCUT2D eigenvalue weighted by Crippen LogP contribution is -2.63. The normalized spacial score (nSPS) is 32.6. The Morgan fingerprint density at radius 1 is 1.29 bits per heavy atom. The predicted molar refractivity (Wildman–Crippen MR) is 86.4 cm³/mol. The van der Waals surface area contributed by atoms with Crippen LogP contribution in [0, 0.1) is 0 Å². The summed E-state index contributed by atoms with van der Waals surface area (Å²) in [5, 5.41) is 3.75. The van der Waals surface area contributed by atoms with Crippen molar-refractivity contribution in [2.45, 2.75) is 50.3 Å². The minimum atomic E-state index is 0.0342. The first-order valence-electron chi connectivity index (χ1n) is 8.17. The molecule has 1 saturated heterocycles. The first kappa shape index (κ1) is 15.0. The minimum Gasteiger partial charge on any atom is -0.377 e. The molecule has 116 valence electrons. The van der Waals surface area contributed by atoms with Gasteiger partial charge in [0.05, 0.1) is 11.1 Å². The van der Waals surface area contributed by atoms with Gasteiger partial charge in [0.25, 0.3) is 0 Å². The molecule has 2 aliphatic rings. The van der Waals surface area contributed by atoms with E-state index in [2.05, 4.69) is 54.4 Å². The van der Waals surface area contributed by atoms with E-state index in [1.807, 2.05) is 7.11 Å². The number of nitrogens with one attached hydrogen (secondary N) is 1. The van der Waals surface area contributed by atoms with Crippen LogP contribution in [-0.4, -0.2) is 43.3 Å². The average Bonchev–Trinajstić information content (AvgIpc) is 2.47. The van der Waals surface area contributed by atoms with Gasteiger partial charge in [-0.05, 0) is 38.7 Å². The highest BCUT2D eigenvalue weighted by molar-refractivity contribution is 5.25. The maximum absolute atomic E-state index is 5.84. The molecule has 1 heterocycles. The monoisotopic (exact) mass is 288 g/mol. The van der Waals surface area contributed by atoms with Gasteiger partial charge < -0.3 is 10.1 Å². The van der Waals surface area contributed by atoms with Gasteiger partial charge in [0.1, 0.15) is 0 Å². The largest absolute Gasteiger partial charge is 0.377 e. The van der Waals surface area contributed by atoms with E-state index in [4.69, 9.17) is 4.74 Å². The fourth-order valence-corrected chi connectivity index (χ4v) is 3.70. The smallest absolute Gasteiger partial charge is 0.0805 e. The number of ether oxygens (including phenoxy) is 1. The van der Waals surface area contributed by atoms with E-state index in [-0.39, 0.29) is 11.1 Å². The van der Waals surface area contributed by atoms with Gasteiger partial charge >= 0.3 is 0 Å². The highest BCUT2D eigenvalue weighted by atomic mass is 16.5. The third-order valence-corrected chi connectivity index (χ3v) is 5.53. The quantitative estimate of drug-likeness (QED) is 0.922. The number of hydrogen-bond acceptors (Lipinski definition) is 3. The van der Waals surface area contributed by atoms with Crippen LogP contribution in [0.15, 0.2) is 30.3 Å². The lowest BCUT2D eigenvalue weighted by Gasteiger charge is -2.51. The molecule has 0 bridgehead atoms. The zero-order valence-electron chi connectivity index (χ0n) is 13.6. The third-order valence-electron chi connectivity index (χ3n) is 5.53. The van der Waals surface area contributed by atoms with E-state index in [1.165, 1.54) is 24.8 Å². The maximum atomic E-state index is 5.84. The Kier molecular flexibility index (Phi) is 4.08. The van der Waals surface area contributed by atoms with Crippen molar-refractivity contribution >= 4 is 0 Å². The van der Waals surface area contributed by atoms with E-state index in [0.717, 1.165) is 19.6 Å². The minimum absolute atomic E-state index is 0.0342. The Morgan fingerprint density at radius 2 is 2.00 bits per heavy atom. The van der Waals surface area contributed by atoms with E-state index in [9.17, 15) is 0 Å². The molecule has 2 atom stereocenters. The fraction of sp³-hybridized carbons (Fsp3) is 0.667. The molecule has 3 nitrogen and oxygen atoms in total. The van der Waals surface area contributed by atoms with Crippen LogP contribution in [0.3, 0.4) is 0 Å². The SMILES string of the molecule is COC1(CN2CC(C)(c3ccccc3)NCC2C)CCC1. The molecule has 1 saturated carbocycles. The van der Waals surface area contributed by atoms with Crippen molar-refractivity contribution in [3.63, 3.8) is 0 Å². The molecule has 1 aromatic rings. The molecule has 3 heteroatoms. The van der Waals surface area contributed by atoms with E-state index in [1.54, 1.807) is 0 Å². The summed E-state index contributed by atoms with van der Waals surface area (Å²) in [6, 6.07) is 11.4. The van der Waals surface area contributed by atoms with Crippen LogP contribution < -0.4 is 5.32 Å². The van der Waals surface area contributed by atoms with Crippen LogP contribution in [-0.2, 0) is 10.3 Å². The van der Waals surface area contributed by atoms with Gasteiger partial charge in [0, 0.05) is 32.8 Å². The summed E-state index contributed by atoms with van der Waals surface area (Å²) in [7, 11) is 1.88. The van der Waals surface area contributed by atoms with Crippen molar-refractivity contribution in [1.82, 2.24) is 10.2 Å². The summed E-state index contributed by atoms with van der Waals surface area (Å²) in [5.41, 5.74) is 1.53. The highest BCUT2D eigenvalue weighted by Gasteiger charge is 2.43. The van der Waals surface area contributed by atoms with Crippen LogP contribution in [0.4, 0.5) is 0 Å². The molecule has 0 aromatic heterocycles. The first-order chi connectivity index (χ1) is 10.1. The van der Waals surface area contributed by atoms with Gasteiger partial charge in [0.2, 0.25) is 0 Å². The van der Waals surface area contributed by atoms with Crippen LogP contribution in [0.2, 0.25) is 0 Å². The van der Waals surface area contributed by atoms with Crippen LogP contribution >= 0.6 is 0 Å². The van der Waals surface area contributed by atoms with Crippen LogP contribution in [0.1, 0.15) is 38.7 Å². The van der Waals surface area contributed by atoms with Crippen LogP contribution in [0.25, 0.3) is 0 Å². The van der Waals surface area contributed by atoms with Gasteiger partial charge in [-0.3, -0.25) is 4.90 Å². The fourth-order valence-electron chi connectivity index (χ4n) is 3.70. The molecule has 3 rings (SSSR count). The molecule has 1 aliphatic heterocycles. The van der Waals surface area contributed by atoms with E-state index >= 15 is 0 Å². The molecule has 0 amide bonds. The van der Waals surface area contributed by atoms with Gasteiger partial charge in [-0.25, -0.2) is 0 Å². The molecular formula is C18H28N2O. The Hall–Kier alpha value is -0.900. The van der Waals surface area contributed by atoms with Gasteiger partial charge in [-0.15, -0.1) is 0 Å². The van der Waals surface area contributed by atoms with Gasteiger partial charge in [-0.1, -0.05) is 30.3 Å². The van der Waals surface area contributed by atoms with Gasteiger partial charge in [0.15, 0.2) is 0 Å². The lowest BCUT2D eigenvalue weighted by molar-refractivity contribution is -0.104. The second kappa shape index (κ2) is 5.71. The summed E-state index contributed by atoms with van der Waals surface area (Å²) < 4.78 is 5.84. The Morgan fingerprint density at radius 3 is 2.57 bits per heavy atom. The Labute approximate surface area is 128 Å². The first-order valence-corrected chi connectivity index (χ1v) is 8.17. The second-order valence-electron chi connectivity index (χ2n) is 7.07. The molecule has 1 N–H and O–H groups in total. The van der Waals surface area contributed by atoms with Gasteiger partial charge in [-0.2, -0.15) is 0 Å². The summed E-state index contributed by atoms with van der Waals surface area (Å²) in [5.74, 6) is 0. The molecule has 1 aliphatic carbocycles. The van der Waals surface area contributed by atoms with Crippen molar-refractivity contribution in [3.05, 3.63) is 35.9 Å². The van der Waals surface area contributed by atoms with Crippen molar-refractivity contribution in [1.29, 1.82) is 0 Å². The summed E-state index contributed by atoms with van der Waals surface area (Å²) >= 11 is 0. The van der Waals surface area contributed by atoms with Crippen molar-refractivity contribution in [2.75, 3.05) is 26.7 Å². The number of piperazine rings is 1. The number of rotatable bonds is 4. The zero-order valence-corrected chi connectivity index (χ0v) is 13.6. The van der Waals surface area contributed by atoms with Crippen molar-refractivity contribution in [2.24, 2.45) is 0 Å². The topological polar surface area (TPSA) is 24.5 Å².